The minimum absolute atomic E-state index is 0.150. The van der Waals surface area contributed by atoms with E-state index >= 15 is 0 Å². The van der Waals surface area contributed by atoms with Crippen LogP contribution in [-0.2, 0) is 11.0 Å². The van der Waals surface area contributed by atoms with Crippen molar-refractivity contribution in [1.29, 1.82) is 0 Å². The maximum Gasteiger partial charge on any atom is 0.416 e. The predicted molar refractivity (Wildman–Crippen MR) is 118 cm³/mol. The van der Waals surface area contributed by atoms with Gasteiger partial charge in [0.1, 0.15) is 5.82 Å². The van der Waals surface area contributed by atoms with Crippen molar-refractivity contribution in [3.05, 3.63) is 89.3 Å². The molecular weight excluding hydrogens is 457 g/mol. The number of benzene rings is 2. The first-order valence-electron chi connectivity index (χ1n) is 9.60. The summed E-state index contributed by atoms with van der Waals surface area (Å²) in [5.41, 5.74) is 8.01. The second kappa shape index (κ2) is 8.59. The van der Waals surface area contributed by atoms with Crippen LogP contribution in [0.15, 0.2) is 73.2 Å². The van der Waals surface area contributed by atoms with Crippen LogP contribution in [0.3, 0.4) is 0 Å². The van der Waals surface area contributed by atoms with Crippen LogP contribution in [0.1, 0.15) is 17.2 Å². The minimum Gasteiger partial charge on any atom is -0.479 e. The summed E-state index contributed by atoms with van der Waals surface area (Å²) in [5, 5.41) is 14.5. The molecule has 0 amide bonds. The molecule has 10 heteroatoms. The average molecular weight is 473 g/mol. The zero-order chi connectivity index (χ0) is 23.8. The van der Waals surface area contributed by atoms with Crippen molar-refractivity contribution in [2.45, 2.75) is 12.2 Å². The first-order chi connectivity index (χ1) is 15.6. The number of nitrogen functional groups attached to an aromatic ring is 1. The number of nitrogens with two attached hydrogens (primary N) is 1. The lowest BCUT2D eigenvalue weighted by atomic mass is 9.97. The van der Waals surface area contributed by atoms with Gasteiger partial charge in [0.25, 0.3) is 0 Å². The number of nitrogens with zero attached hydrogens (tertiary/aromatic N) is 3. The molecule has 0 bridgehead atoms. The third kappa shape index (κ3) is 4.54. The average Bonchev–Trinajstić information content (AvgIpc) is 3.23. The van der Waals surface area contributed by atoms with Gasteiger partial charge in [-0.2, -0.15) is 18.3 Å². The Hall–Kier alpha value is -3.85. The monoisotopic (exact) mass is 472 g/mol. The molecule has 0 radical (unpaired) electrons. The number of carboxylic acid groups (broad SMARTS) is 1. The summed E-state index contributed by atoms with van der Waals surface area (Å²) in [6, 6.07) is 11.3. The molecule has 3 N–H and O–H groups in total. The first-order valence-corrected chi connectivity index (χ1v) is 9.98. The highest BCUT2D eigenvalue weighted by Crippen LogP contribution is 2.36. The van der Waals surface area contributed by atoms with Crippen LogP contribution < -0.4 is 5.73 Å². The fourth-order valence-corrected chi connectivity index (χ4v) is 3.65. The smallest absolute Gasteiger partial charge is 0.416 e. The number of aromatic nitrogens is 3. The molecule has 0 saturated heterocycles. The van der Waals surface area contributed by atoms with Gasteiger partial charge >= 0.3 is 12.1 Å². The number of aliphatic carboxylic acids is 1. The highest BCUT2D eigenvalue weighted by atomic mass is 35.5. The minimum atomic E-state index is -4.52. The zero-order valence-electron chi connectivity index (χ0n) is 16.8. The number of halogens is 4. The molecular formula is C23H16ClF3N4O2. The number of anilines is 1. The van der Waals surface area contributed by atoms with Crippen LogP contribution in [-0.4, -0.2) is 25.8 Å². The Morgan fingerprint density at radius 3 is 2.30 bits per heavy atom. The fourth-order valence-electron chi connectivity index (χ4n) is 3.52. The standard InChI is InChI=1S/C23H16ClF3N4O2/c24-17-7-3-13(4-8-17)19-18(9-10-29-21(19)28)15-11-30-31(12-15)20(22(32)33)14-1-5-16(6-2-14)23(25,26)27/h1-12,20H,(H2,28,29)(H,32,33)/t20-/m1/s1. The maximum absolute atomic E-state index is 12.9. The fraction of sp³-hybridized carbons (Fsp3) is 0.0870. The van der Waals surface area contributed by atoms with Crippen molar-refractivity contribution >= 4 is 23.4 Å². The van der Waals surface area contributed by atoms with E-state index in [2.05, 4.69) is 10.1 Å². The van der Waals surface area contributed by atoms with Gasteiger partial charge in [0, 0.05) is 28.5 Å². The number of alkyl halides is 3. The van der Waals surface area contributed by atoms with E-state index in [0.29, 0.717) is 21.7 Å². The van der Waals surface area contributed by atoms with Gasteiger partial charge in [-0.05, 0) is 47.0 Å². The van der Waals surface area contributed by atoms with E-state index in [9.17, 15) is 23.1 Å². The highest BCUT2D eigenvalue weighted by molar-refractivity contribution is 6.30. The van der Waals surface area contributed by atoms with E-state index in [-0.39, 0.29) is 11.4 Å². The van der Waals surface area contributed by atoms with E-state index in [1.807, 2.05) is 0 Å². The SMILES string of the molecule is Nc1nccc(-c2cnn([C@@H](C(=O)O)c3ccc(C(F)(F)F)cc3)c2)c1-c1ccc(Cl)cc1. The van der Waals surface area contributed by atoms with Gasteiger partial charge in [0.15, 0.2) is 6.04 Å². The van der Waals surface area contributed by atoms with Crippen molar-refractivity contribution in [1.82, 2.24) is 14.8 Å². The number of hydrogen-bond donors (Lipinski definition) is 2. The summed E-state index contributed by atoms with van der Waals surface area (Å²) in [4.78, 5) is 16.1. The van der Waals surface area contributed by atoms with E-state index in [0.717, 1.165) is 29.8 Å². The lowest BCUT2D eigenvalue weighted by Crippen LogP contribution is -2.21. The Labute approximate surface area is 191 Å². The Bertz CT molecular complexity index is 1300. The Morgan fingerprint density at radius 1 is 1.03 bits per heavy atom. The van der Waals surface area contributed by atoms with Crippen molar-refractivity contribution in [3.63, 3.8) is 0 Å². The van der Waals surface area contributed by atoms with Crippen LogP contribution in [0, 0.1) is 0 Å². The quantitative estimate of drug-likeness (QED) is 0.397. The predicted octanol–water partition coefficient (Wildman–Crippen LogP) is 5.54. The topological polar surface area (TPSA) is 94.0 Å². The molecule has 1 atom stereocenters. The van der Waals surface area contributed by atoms with Gasteiger partial charge in [-0.25, -0.2) is 9.78 Å². The van der Waals surface area contributed by atoms with Gasteiger partial charge in [0.05, 0.1) is 11.8 Å². The van der Waals surface area contributed by atoms with Crippen LogP contribution in [0.4, 0.5) is 19.0 Å². The Balaban J connectivity index is 1.75. The second-order valence-electron chi connectivity index (χ2n) is 7.20. The summed E-state index contributed by atoms with van der Waals surface area (Å²) >= 11 is 5.98. The molecule has 0 aliphatic carbocycles. The van der Waals surface area contributed by atoms with Gasteiger partial charge in [-0.3, -0.25) is 4.68 Å². The molecule has 0 aliphatic rings. The summed E-state index contributed by atoms with van der Waals surface area (Å²) in [7, 11) is 0. The molecule has 2 aromatic carbocycles. The first kappa shape index (κ1) is 22.3. The van der Waals surface area contributed by atoms with Gasteiger partial charge < -0.3 is 10.8 Å². The molecule has 4 rings (SSSR count). The van der Waals surface area contributed by atoms with Crippen molar-refractivity contribution in [2.75, 3.05) is 5.73 Å². The van der Waals surface area contributed by atoms with Crippen molar-refractivity contribution < 1.29 is 23.1 Å². The summed E-state index contributed by atoms with van der Waals surface area (Å²) < 4.78 is 39.8. The van der Waals surface area contributed by atoms with Crippen LogP contribution in [0.25, 0.3) is 22.3 Å². The number of pyridine rings is 1. The summed E-state index contributed by atoms with van der Waals surface area (Å²) in [6.45, 7) is 0. The molecule has 168 valence electrons. The lowest BCUT2D eigenvalue weighted by Gasteiger charge is -2.15. The summed E-state index contributed by atoms with van der Waals surface area (Å²) in [6.07, 6.45) is -0.0275. The zero-order valence-corrected chi connectivity index (χ0v) is 17.5. The molecule has 0 unspecified atom stereocenters. The van der Waals surface area contributed by atoms with Gasteiger partial charge in [0.2, 0.25) is 0 Å². The second-order valence-corrected chi connectivity index (χ2v) is 7.63. The maximum atomic E-state index is 12.9. The molecule has 6 nitrogen and oxygen atoms in total. The Kier molecular flexibility index (Phi) is 5.82. The molecule has 0 saturated carbocycles. The molecule has 0 spiro atoms. The summed E-state index contributed by atoms with van der Waals surface area (Å²) in [5.74, 6) is -1.00. The number of rotatable bonds is 5. The largest absolute Gasteiger partial charge is 0.479 e. The van der Waals surface area contributed by atoms with E-state index in [1.54, 1.807) is 30.3 Å². The van der Waals surface area contributed by atoms with E-state index < -0.39 is 23.8 Å². The van der Waals surface area contributed by atoms with Crippen molar-refractivity contribution in [3.8, 4) is 22.3 Å². The lowest BCUT2D eigenvalue weighted by molar-refractivity contribution is -0.139. The van der Waals surface area contributed by atoms with E-state index in [4.69, 9.17) is 17.3 Å². The molecule has 2 aromatic heterocycles. The van der Waals surface area contributed by atoms with Crippen LogP contribution >= 0.6 is 11.6 Å². The Morgan fingerprint density at radius 2 is 1.70 bits per heavy atom. The number of carboxylic acids is 1. The third-order valence-electron chi connectivity index (χ3n) is 5.08. The van der Waals surface area contributed by atoms with Crippen LogP contribution in [0.2, 0.25) is 5.02 Å². The molecule has 2 heterocycles. The normalized spacial score (nSPS) is 12.5. The number of hydrogen-bond acceptors (Lipinski definition) is 4. The van der Waals surface area contributed by atoms with Crippen molar-refractivity contribution in [2.24, 2.45) is 0 Å². The van der Waals surface area contributed by atoms with E-state index in [1.165, 1.54) is 23.3 Å². The van der Waals surface area contributed by atoms with Crippen LogP contribution in [0.5, 0.6) is 0 Å². The molecule has 33 heavy (non-hydrogen) atoms. The third-order valence-corrected chi connectivity index (χ3v) is 5.33. The molecule has 0 aliphatic heterocycles. The molecule has 0 fully saturated rings. The highest BCUT2D eigenvalue weighted by Gasteiger charge is 2.31. The number of carbonyl (C=O) groups is 1. The van der Waals surface area contributed by atoms with Gasteiger partial charge in [-0.15, -0.1) is 0 Å². The van der Waals surface area contributed by atoms with Gasteiger partial charge in [-0.1, -0.05) is 35.9 Å². The molecule has 4 aromatic rings.